The van der Waals surface area contributed by atoms with Crippen molar-refractivity contribution in [3.63, 3.8) is 0 Å². The molecule has 1 amide bonds. The highest BCUT2D eigenvalue weighted by atomic mass is 35.5. The number of hydrogen-bond acceptors (Lipinski definition) is 4. The Morgan fingerprint density at radius 1 is 1.19 bits per heavy atom. The number of hydrogen-bond donors (Lipinski definition) is 1. The van der Waals surface area contributed by atoms with Crippen LogP contribution in [0.1, 0.15) is 35.9 Å². The van der Waals surface area contributed by atoms with Crippen LogP contribution in [0.2, 0.25) is 5.02 Å². The van der Waals surface area contributed by atoms with Crippen LogP contribution in [0, 0.1) is 11.8 Å². The van der Waals surface area contributed by atoms with Crippen LogP contribution in [0.4, 0.5) is 0 Å². The highest BCUT2D eigenvalue weighted by Gasteiger charge is 2.39. The normalized spacial score (nSPS) is 22.3. The number of halogens is 1. The topological polar surface area (TPSA) is 63.1 Å². The molecule has 0 bridgehead atoms. The quantitative estimate of drug-likeness (QED) is 0.893. The molecule has 6 nitrogen and oxygen atoms in total. The maximum absolute atomic E-state index is 12.4. The summed E-state index contributed by atoms with van der Waals surface area (Å²) in [6.07, 6.45) is 0.893. The molecular weight excluding hydrogens is 350 g/mol. The second-order valence-corrected chi connectivity index (χ2v) is 8.16. The molecule has 1 fully saturated rings. The summed E-state index contributed by atoms with van der Waals surface area (Å²) in [5, 5.41) is 12.1. The molecular formula is C19H24ClN5O. The van der Waals surface area contributed by atoms with Gasteiger partial charge < -0.3 is 9.88 Å². The Balaban J connectivity index is 1.44. The van der Waals surface area contributed by atoms with Gasteiger partial charge in [-0.2, -0.15) is 0 Å². The van der Waals surface area contributed by atoms with Gasteiger partial charge in [0.15, 0.2) is 0 Å². The summed E-state index contributed by atoms with van der Waals surface area (Å²) in [6, 6.07) is 8.16. The van der Waals surface area contributed by atoms with Crippen LogP contribution in [0.25, 0.3) is 0 Å². The molecule has 1 N–H and O–H groups in total. The fourth-order valence-electron chi connectivity index (χ4n) is 4.09. The van der Waals surface area contributed by atoms with Gasteiger partial charge in [-0.25, -0.2) is 0 Å². The monoisotopic (exact) mass is 373 g/mol. The Kier molecular flexibility index (Phi) is 4.71. The van der Waals surface area contributed by atoms with Crippen molar-refractivity contribution in [2.24, 2.45) is 11.8 Å². The molecule has 0 unspecified atom stereocenters. The summed E-state index contributed by atoms with van der Waals surface area (Å²) >= 11 is 5.98. The van der Waals surface area contributed by atoms with E-state index in [2.05, 4.69) is 32.5 Å². The van der Waals surface area contributed by atoms with Gasteiger partial charge >= 0.3 is 0 Å². The molecule has 2 atom stereocenters. The summed E-state index contributed by atoms with van der Waals surface area (Å²) in [5.41, 5.74) is 1.28. The van der Waals surface area contributed by atoms with Crippen LogP contribution in [0.15, 0.2) is 24.3 Å². The van der Waals surface area contributed by atoms with E-state index in [9.17, 15) is 4.79 Å². The van der Waals surface area contributed by atoms with Gasteiger partial charge in [0.2, 0.25) is 5.82 Å². The standard InChI is InChI=1S/C19H24ClN5O/c1-12(2)21-19(26)18-23-22-17-7-14-9-24(10-15(14)11-25(17)18)8-13-3-5-16(20)6-4-13/h3-6,12,14-15H,7-11H2,1-2H3,(H,21,26)/t14-,15-/m1/s1. The molecule has 0 spiro atoms. The van der Waals surface area contributed by atoms with Crippen molar-refractivity contribution in [2.45, 2.75) is 39.4 Å². The fraction of sp³-hybridized carbons (Fsp3) is 0.526. The lowest BCUT2D eigenvalue weighted by Gasteiger charge is -2.25. The number of nitrogens with zero attached hydrogens (tertiary/aromatic N) is 4. The molecule has 0 saturated carbocycles. The third-order valence-electron chi connectivity index (χ3n) is 5.28. The van der Waals surface area contributed by atoms with Crippen LogP contribution in [-0.2, 0) is 19.5 Å². The zero-order valence-electron chi connectivity index (χ0n) is 15.2. The largest absolute Gasteiger partial charge is 0.347 e. The maximum Gasteiger partial charge on any atom is 0.289 e. The highest BCUT2D eigenvalue weighted by Crippen LogP contribution is 2.33. The van der Waals surface area contributed by atoms with E-state index in [0.29, 0.717) is 17.7 Å². The molecule has 1 aromatic carbocycles. The average molecular weight is 374 g/mol. The molecule has 138 valence electrons. The van der Waals surface area contributed by atoms with E-state index in [1.807, 2.05) is 30.5 Å². The lowest BCUT2D eigenvalue weighted by atomic mass is 9.89. The van der Waals surface area contributed by atoms with E-state index >= 15 is 0 Å². The van der Waals surface area contributed by atoms with Gasteiger partial charge in [-0.3, -0.25) is 9.69 Å². The van der Waals surface area contributed by atoms with Crippen molar-refractivity contribution < 1.29 is 4.79 Å². The van der Waals surface area contributed by atoms with Gasteiger partial charge in [-0.1, -0.05) is 23.7 Å². The Labute approximate surface area is 158 Å². The van der Waals surface area contributed by atoms with Crippen LogP contribution in [0.3, 0.4) is 0 Å². The number of nitrogens with one attached hydrogen (secondary N) is 1. The third kappa shape index (κ3) is 3.48. The van der Waals surface area contributed by atoms with Crippen LogP contribution < -0.4 is 5.32 Å². The van der Waals surface area contributed by atoms with Crippen molar-refractivity contribution in [2.75, 3.05) is 13.1 Å². The highest BCUT2D eigenvalue weighted by molar-refractivity contribution is 6.30. The van der Waals surface area contributed by atoms with Crippen LogP contribution >= 0.6 is 11.6 Å². The lowest BCUT2D eigenvalue weighted by Crippen LogP contribution is -2.35. The number of rotatable bonds is 4. The minimum Gasteiger partial charge on any atom is -0.347 e. The van der Waals surface area contributed by atoms with E-state index < -0.39 is 0 Å². The average Bonchev–Trinajstić information content (AvgIpc) is 3.16. The summed E-state index contributed by atoms with van der Waals surface area (Å²) in [7, 11) is 0. The van der Waals surface area contributed by atoms with Crippen LogP contribution in [0.5, 0.6) is 0 Å². The molecule has 3 heterocycles. The zero-order valence-corrected chi connectivity index (χ0v) is 15.9. The van der Waals surface area contributed by atoms with Gasteiger partial charge in [0, 0.05) is 43.7 Å². The number of fused-ring (bicyclic) bond motifs is 2. The molecule has 2 aromatic rings. The Morgan fingerprint density at radius 3 is 2.65 bits per heavy atom. The molecule has 26 heavy (non-hydrogen) atoms. The molecule has 1 saturated heterocycles. The Hall–Kier alpha value is -1.92. The predicted molar refractivity (Wildman–Crippen MR) is 100 cm³/mol. The first-order valence-corrected chi connectivity index (χ1v) is 9.57. The lowest BCUT2D eigenvalue weighted by molar-refractivity contribution is 0.0924. The number of aromatic nitrogens is 3. The predicted octanol–water partition coefficient (Wildman–Crippen LogP) is 2.37. The van der Waals surface area contributed by atoms with E-state index in [0.717, 1.165) is 43.4 Å². The number of carbonyl (C=O) groups is 1. The van der Waals surface area contributed by atoms with Crippen molar-refractivity contribution in [3.8, 4) is 0 Å². The van der Waals surface area contributed by atoms with Crippen molar-refractivity contribution >= 4 is 17.5 Å². The summed E-state index contributed by atoms with van der Waals surface area (Å²) in [4.78, 5) is 14.9. The van der Waals surface area contributed by atoms with E-state index in [1.54, 1.807) is 0 Å². The minimum absolute atomic E-state index is 0.0909. The Bertz CT molecular complexity index is 801. The second kappa shape index (κ2) is 7.00. The smallest absolute Gasteiger partial charge is 0.289 e. The first-order chi connectivity index (χ1) is 12.5. The molecule has 0 aliphatic carbocycles. The minimum atomic E-state index is -0.131. The first kappa shape index (κ1) is 17.5. The van der Waals surface area contributed by atoms with E-state index in [-0.39, 0.29) is 11.9 Å². The SMILES string of the molecule is CC(C)NC(=O)c1nnc2n1C[C@H]1CN(Cc3ccc(Cl)cc3)C[C@H]1C2. The first-order valence-electron chi connectivity index (χ1n) is 9.19. The second-order valence-electron chi connectivity index (χ2n) is 7.72. The number of amides is 1. The van der Waals surface area contributed by atoms with Crippen molar-refractivity contribution in [1.82, 2.24) is 25.0 Å². The molecule has 4 rings (SSSR count). The summed E-state index contributed by atoms with van der Waals surface area (Å²) < 4.78 is 2.02. The zero-order chi connectivity index (χ0) is 18.3. The molecule has 7 heteroatoms. The number of likely N-dealkylation sites (tertiary alicyclic amines) is 1. The summed E-state index contributed by atoms with van der Waals surface area (Å²) in [5.74, 6) is 2.38. The van der Waals surface area contributed by atoms with Gasteiger partial charge in [0.1, 0.15) is 5.82 Å². The van der Waals surface area contributed by atoms with E-state index in [4.69, 9.17) is 11.6 Å². The van der Waals surface area contributed by atoms with Gasteiger partial charge in [0.25, 0.3) is 5.91 Å². The molecule has 0 radical (unpaired) electrons. The number of carbonyl (C=O) groups excluding carboxylic acids is 1. The van der Waals surface area contributed by atoms with Gasteiger partial charge in [-0.15, -0.1) is 10.2 Å². The maximum atomic E-state index is 12.4. The third-order valence-corrected chi connectivity index (χ3v) is 5.54. The summed E-state index contributed by atoms with van der Waals surface area (Å²) in [6.45, 7) is 7.76. The van der Waals surface area contributed by atoms with Crippen molar-refractivity contribution in [3.05, 3.63) is 46.5 Å². The van der Waals surface area contributed by atoms with Gasteiger partial charge in [-0.05, 0) is 43.4 Å². The molecule has 2 aliphatic heterocycles. The molecule has 2 aliphatic rings. The molecule has 1 aromatic heterocycles. The van der Waals surface area contributed by atoms with Crippen molar-refractivity contribution in [1.29, 1.82) is 0 Å². The van der Waals surface area contributed by atoms with Gasteiger partial charge in [0.05, 0.1) is 0 Å². The fourth-order valence-corrected chi connectivity index (χ4v) is 4.22. The van der Waals surface area contributed by atoms with E-state index in [1.165, 1.54) is 5.56 Å². The number of benzene rings is 1. The Morgan fingerprint density at radius 2 is 1.92 bits per heavy atom. The van der Waals surface area contributed by atoms with Crippen LogP contribution in [-0.4, -0.2) is 44.7 Å².